The van der Waals surface area contributed by atoms with Gasteiger partial charge in [-0.1, -0.05) is 177 Å². The molecule has 12 nitrogen and oxygen atoms in total. The highest BCUT2D eigenvalue weighted by molar-refractivity contribution is 7.47. The van der Waals surface area contributed by atoms with Crippen molar-refractivity contribution in [2.45, 2.75) is 249 Å². The number of phosphoric ester groups is 1. The molecule has 1 saturated carbocycles. The summed E-state index contributed by atoms with van der Waals surface area (Å²) >= 11 is 0. The van der Waals surface area contributed by atoms with Crippen LogP contribution in [0.15, 0.2) is 60.8 Å². The molecule has 6 unspecified atom stereocenters. The summed E-state index contributed by atoms with van der Waals surface area (Å²) in [5.41, 5.74) is 0. The summed E-state index contributed by atoms with van der Waals surface area (Å²) < 4.78 is 34.3. The van der Waals surface area contributed by atoms with E-state index in [-0.39, 0.29) is 13.0 Å². The second kappa shape index (κ2) is 43.1. The monoisotopic (exact) mass is 955 g/mol. The number of esters is 1. The Morgan fingerprint density at radius 3 is 1.32 bits per heavy atom. The number of allylic oxidation sites excluding steroid dienone is 10. The van der Waals surface area contributed by atoms with Crippen molar-refractivity contribution in [3.63, 3.8) is 0 Å². The molecule has 0 heterocycles. The Morgan fingerprint density at radius 1 is 0.485 bits per heavy atom. The van der Waals surface area contributed by atoms with Gasteiger partial charge >= 0.3 is 13.8 Å². The lowest BCUT2D eigenvalue weighted by molar-refractivity contribution is -0.220. The van der Waals surface area contributed by atoms with Gasteiger partial charge in [-0.05, 0) is 83.5 Å². The molecule has 0 bridgehead atoms. The number of hydrogen-bond donors (Lipinski definition) is 6. The van der Waals surface area contributed by atoms with Gasteiger partial charge < -0.3 is 39.9 Å². The van der Waals surface area contributed by atoms with Gasteiger partial charge in [0.15, 0.2) is 0 Å². The molecule has 0 aromatic rings. The Labute approximate surface area is 400 Å². The zero-order valence-corrected chi connectivity index (χ0v) is 42.1. The fourth-order valence-corrected chi connectivity index (χ4v) is 8.66. The van der Waals surface area contributed by atoms with Gasteiger partial charge in [0.25, 0.3) is 0 Å². The van der Waals surface area contributed by atoms with Crippen LogP contribution in [0.1, 0.15) is 206 Å². The van der Waals surface area contributed by atoms with Gasteiger partial charge in [0.05, 0.1) is 13.2 Å². The number of phosphoric acid groups is 1. The second-order valence-electron chi connectivity index (χ2n) is 18.0. The van der Waals surface area contributed by atoms with E-state index in [1.165, 1.54) is 89.9 Å². The molecule has 0 radical (unpaired) electrons. The van der Waals surface area contributed by atoms with Crippen molar-refractivity contribution in [3.8, 4) is 0 Å². The number of rotatable bonds is 44. The summed E-state index contributed by atoms with van der Waals surface area (Å²) in [5.74, 6) is -0.494. The van der Waals surface area contributed by atoms with Crippen LogP contribution < -0.4 is 0 Å². The maximum absolute atomic E-state index is 12.8. The van der Waals surface area contributed by atoms with Crippen molar-refractivity contribution in [3.05, 3.63) is 60.8 Å². The Bertz CT molecular complexity index is 1320. The summed E-state index contributed by atoms with van der Waals surface area (Å²) in [6, 6.07) is 0. The topological polar surface area (TPSA) is 192 Å². The average molecular weight is 955 g/mol. The maximum atomic E-state index is 12.8. The number of aliphatic hydroxyl groups excluding tert-OH is 5. The highest BCUT2D eigenvalue weighted by Gasteiger charge is 2.51. The minimum absolute atomic E-state index is 0.0882. The molecule has 0 aliphatic heterocycles. The van der Waals surface area contributed by atoms with Crippen LogP contribution in [0.2, 0.25) is 0 Å². The summed E-state index contributed by atoms with van der Waals surface area (Å²) in [5, 5.41) is 50.3. The van der Waals surface area contributed by atoms with Crippen molar-refractivity contribution < 1.29 is 58.3 Å². The lowest BCUT2D eigenvalue weighted by Crippen LogP contribution is -2.64. The summed E-state index contributed by atoms with van der Waals surface area (Å²) in [7, 11) is -5.03. The number of unbranched alkanes of at least 4 members (excludes halogenated alkanes) is 22. The minimum Gasteiger partial charge on any atom is -0.457 e. The first-order chi connectivity index (χ1) is 32.0. The van der Waals surface area contributed by atoms with E-state index in [0.717, 1.165) is 89.9 Å². The van der Waals surface area contributed by atoms with E-state index >= 15 is 0 Å². The van der Waals surface area contributed by atoms with Crippen LogP contribution in [0.25, 0.3) is 0 Å². The Kier molecular flexibility index (Phi) is 40.5. The van der Waals surface area contributed by atoms with E-state index in [1.54, 1.807) is 0 Å². The van der Waals surface area contributed by atoms with E-state index in [0.29, 0.717) is 13.0 Å². The van der Waals surface area contributed by atoms with E-state index in [9.17, 15) is 39.8 Å². The molecule has 6 N–H and O–H groups in total. The first-order valence-corrected chi connectivity index (χ1v) is 27.6. The lowest BCUT2D eigenvalue weighted by atomic mass is 9.85. The smallest absolute Gasteiger partial charge is 0.457 e. The number of aliphatic hydroxyl groups is 5. The van der Waals surface area contributed by atoms with Gasteiger partial charge in [-0.15, -0.1) is 0 Å². The van der Waals surface area contributed by atoms with E-state index in [4.69, 9.17) is 18.5 Å². The molecular formula is C53H95O12P. The largest absolute Gasteiger partial charge is 0.472 e. The number of carbonyl (C=O) groups is 1. The predicted octanol–water partition coefficient (Wildman–Crippen LogP) is 11.8. The van der Waals surface area contributed by atoms with Crippen LogP contribution in [0.3, 0.4) is 0 Å². The van der Waals surface area contributed by atoms with Crippen LogP contribution >= 0.6 is 7.82 Å². The summed E-state index contributed by atoms with van der Waals surface area (Å²) in [6.07, 6.45) is 42.8. The minimum atomic E-state index is -5.03. The third kappa shape index (κ3) is 34.3. The fourth-order valence-electron chi connectivity index (χ4n) is 7.69. The van der Waals surface area contributed by atoms with Crippen LogP contribution in [-0.4, -0.2) is 98.9 Å². The molecule has 0 spiro atoms. The summed E-state index contributed by atoms with van der Waals surface area (Å²) in [6.45, 7) is 4.20. The third-order valence-electron chi connectivity index (χ3n) is 11.9. The first-order valence-electron chi connectivity index (χ1n) is 26.1. The molecule has 6 atom stereocenters. The predicted molar refractivity (Wildman–Crippen MR) is 267 cm³/mol. The Morgan fingerprint density at radius 2 is 0.848 bits per heavy atom. The lowest BCUT2D eigenvalue weighted by Gasteiger charge is -2.41. The fraction of sp³-hybridized carbons (Fsp3) is 0.792. The SMILES string of the molecule is CCCCC/C=C\C/C=C\CCCCCCCC(=O)OC(COCCCCCCCCCCC/C=C\C/C=C\C/C=C\CCCCCCC)COP(=O)(O)OC1C(O)C(O)C(O)C(O)C1O. The van der Waals surface area contributed by atoms with Crippen molar-refractivity contribution >= 4 is 13.8 Å². The third-order valence-corrected chi connectivity index (χ3v) is 12.8. The second-order valence-corrected chi connectivity index (χ2v) is 19.4. The zero-order chi connectivity index (χ0) is 48.4. The molecule has 0 saturated heterocycles. The summed E-state index contributed by atoms with van der Waals surface area (Å²) in [4.78, 5) is 23.2. The molecule has 0 aromatic carbocycles. The Balaban J connectivity index is 2.33. The molecule has 0 amide bonds. The van der Waals surface area contributed by atoms with Gasteiger partial charge in [0.1, 0.15) is 42.7 Å². The van der Waals surface area contributed by atoms with E-state index in [2.05, 4.69) is 74.6 Å². The molecule has 13 heteroatoms. The highest BCUT2D eigenvalue weighted by atomic mass is 31.2. The van der Waals surface area contributed by atoms with Gasteiger partial charge in [-0.25, -0.2) is 4.57 Å². The van der Waals surface area contributed by atoms with Crippen molar-refractivity contribution in [1.82, 2.24) is 0 Å². The van der Waals surface area contributed by atoms with Crippen LogP contribution in [0, 0.1) is 0 Å². The molecular weight excluding hydrogens is 860 g/mol. The standard InChI is InChI=1S/C53H95O12P/c1-3-5-7-9-11-13-15-17-19-20-21-22-23-24-25-26-27-29-31-33-35-37-39-41-43-62-44-46(45-63-66(60,61)65-53-51(58)49(56)48(55)50(57)52(53)59)64-47(54)42-40-38-36-34-32-30-28-18-16-14-12-10-8-6-4-2/h12,14-15,17-18,20-21,23-24,28,46,48-53,55-59H,3-11,13,16,19,22,25-27,29-45H2,1-2H3,(H,60,61)/b14-12-,17-15-,21-20-,24-23-,28-18-. The van der Waals surface area contributed by atoms with Gasteiger partial charge in [0, 0.05) is 13.0 Å². The average Bonchev–Trinajstić information content (AvgIpc) is 3.30. The molecule has 66 heavy (non-hydrogen) atoms. The molecule has 1 fully saturated rings. The highest BCUT2D eigenvalue weighted by Crippen LogP contribution is 2.47. The van der Waals surface area contributed by atoms with Gasteiger partial charge in [-0.3, -0.25) is 13.8 Å². The van der Waals surface area contributed by atoms with Crippen molar-refractivity contribution in [2.24, 2.45) is 0 Å². The van der Waals surface area contributed by atoms with Crippen LogP contribution in [0.5, 0.6) is 0 Å². The first kappa shape index (κ1) is 62.1. The van der Waals surface area contributed by atoms with E-state index < -0.39 is 63.1 Å². The van der Waals surface area contributed by atoms with Gasteiger partial charge in [-0.2, -0.15) is 0 Å². The van der Waals surface area contributed by atoms with Crippen LogP contribution in [0.4, 0.5) is 0 Å². The quantitative estimate of drug-likeness (QED) is 0.0147. The Hall–Kier alpha value is -1.96. The molecule has 1 aliphatic carbocycles. The zero-order valence-electron chi connectivity index (χ0n) is 41.2. The van der Waals surface area contributed by atoms with Crippen molar-refractivity contribution in [1.29, 1.82) is 0 Å². The molecule has 384 valence electrons. The number of carbonyl (C=O) groups excluding carboxylic acids is 1. The van der Waals surface area contributed by atoms with Crippen molar-refractivity contribution in [2.75, 3.05) is 19.8 Å². The number of ether oxygens (including phenoxy) is 2. The molecule has 1 rings (SSSR count). The van der Waals surface area contributed by atoms with E-state index in [1.807, 2.05) is 0 Å². The normalized spacial score (nSPS) is 21.9. The molecule has 1 aliphatic rings. The maximum Gasteiger partial charge on any atom is 0.472 e. The van der Waals surface area contributed by atoms with Gasteiger partial charge in [0.2, 0.25) is 0 Å². The van der Waals surface area contributed by atoms with Crippen LogP contribution in [-0.2, 0) is 27.9 Å². The molecule has 0 aromatic heterocycles. The number of hydrogen-bond acceptors (Lipinski definition) is 11.